The predicted octanol–water partition coefficient (Wildman–Crippen LogP) is 5.01. The minimum absolute atomic E-state index is 0.124. The Hall–Kier alpha value is -3.42. The number of rotatable bonds is 3. The van der Waals surface area contributed by atoms with E-state index in [-0.39, 0.29) is 23.1 Å². The summed E-state index contributed by atoms with van der Waals surface area (Å²) in [6.45, 7) is 3.05. The molecule has 8 heteroatoms. The van der Waals surface area contributed by atoms with Crippen molar-refractivity contribution < 1.29 is 18.4 Å². The number of amides is 2. The van der Waals surface area contributed by atoms with E-state index in [1.54, 1.807) is 41.3 Å². The van der Waals surface area contributed by atoms with E-state index in [0.717, 1.165) is 19.5 Å². The van der Waals surface area contributed by atoms with Gasteiger partial charge in [-0.1, -0.05) is 11.6 Å². The average molecular weight is 480 g/mol. The van der Waals surface area contributed by atoms with Crippen LogP contribution in [0.5, 0.6) is 0 Å². The van der Waals surface area contributed by atoms with Crippen LogP contribution in [-0.2, 0) is 4.79 Å². The average Bonchev–Trinajstić information content (AvgIpc) is 3.33. The molecule has 0 aliphatic carbocycles. The second kappa shape index (κ2) is 9.08. The third-order valence-corrected chi connectivity index (χ3v) is 6.40. The van der Waals surface area contributed by atoms with Crippen LogP contribution in [-0.4, -0.2) is 54.8 Å². The molecule has 2 aliphatic heterocycles. The summed E-state index contributed by atoms with van der Waals surface area (Å²) in [6.07, 6.45) is 2.50. The van der Waals surface area contributed by atoms with Crippen LogP contribution in [0.4, 0.5) is 10.1 Å². The Balaban J connectivity index is 1.43. The van der Waals surface area contributed by atoms with Crippen LogP contribution in [0.1, 0.15) is 28.1 Å². The number of nitrogens with one attached hydrogen (secondary N) is 1. The third kappa shape index (κ3) is 4.36. The van der Waals surface area contributed by atoms with Gasteiger partial charge in [0.05, 0.1) is 11.1 Å². The molecule has 0 unspecified atom stereocenters. The van der Waals surface area contributed by atoms with Crippen molar-refractivity contribution in [2.24, 2.45) is 0 Å². The highest BCUT2D eigenvalue weighted by molar-refractivity contribution is 6.36. The van der Waals surface area contributed by atoms with Crippen molar-refractivity contribution in [3.63, 3.8) is 0 Å². The van der Waals surface area contributed by atoms with Crippen molar-refractivity contribution in [1.82, 2.24) is 9.80 Å². The monoisotopic (exact) mass is 479 g/mol. The summed E-state index contributed by atoms with van der Waals surface area (Å²) in [5, 5.41) is 3.30. The summed E-state index contributed by atoms with van der Waals surface area (Å²) < 4.78 is 20.6. The lowest BCUT2D eigenvalue weighted by molar-refractivity contribution is -0.110. The normalized spacial score (nSPS) is 17.6. The molecule has 0 saturated carbocycles. The van der Waals surface area contributed by atoms with E-state index in [9.17, 15) is 14.0 Å². The highest BCUT2D eigenvalue weighted by atomic mass is 35.5. The number of hydrogen-bond acceptors (Lipinski definition) is 4. The standard InChI is InChI=1S/C26H23ClFN3O3/c1-30-9-2-10-31(12-11-30)26(33)16-3-6-22(28)21(13-16)24-8-5-18(34-24)15-20-19-14-17(27)4-7-23(19)29-25(20)32/h3-8,13-15H,2,9-12H2,1H3,(H,29,32)/b20-15-. The van der Waals surface area contributed by atoms with Crippen molar-refractivity contribution in [3.05, 3.63) is 76.3 Å². The van der Waals surface area contributed by atoms with Crippen molar-refractivity contribution in [2.45, 2.75) is 6.42 Å². The van der Waals surface area contributed by atoms with E-state index < -0.39 is 5.82 Å². The van der Waals surface area contributed by atoms with Crippen molar-refractivity contribution in [2.75, 3.05) is 38.5 Å². The summed E-state index contributed by atoms with van der Waals surface area (Å²) in [6, 6.07) is 12.8. The Morgan fingerprint density at radius 1 is 1.06 bits per heavy atom. The van der Waals surface area contributed by atoms with E-state index in [1.165, 1.54) is 18.2 Å². The summed E-state index contributed by atoms with van der Waals surface area (Å²) in [4.78, 5) is 29.5. The molecule has 1 N–H and O–H groups in total. The predicted molar refractivity (Wildman–Crippen MR) is 130 cm³/mol. The summed E-state index contributed by atoms with van der Waals surface area (Å²) >= 11 is 6.09. The molecule has 2 aliphatic rings. The highest BCUT2D eigenvalue weighted by Crippen LogP contribution is 2.36. The van der Waals surface area contributed by atoms with Gasteiger partial charge in [-0.2, -0.15) is 0 Å². The maximum Gasteiger partial charge on any atom is 0.256 e. The lowest BCUT2D eigenvalue weighted by atomic mass is 10.1. The van der Waals surface area contributed by atoms with Gasteiger partial charge in [0.15, 0.2) is 0 Å². The molecular formula is C26H23ClFN3O3. The largest absolute Gasteiger partial charge is 0.457 e. The first-order chi connectivity index (χ1) is 16.4. The van der Waals surface area contributed by atoms with Crippen molar-refractivity contribution >= 4 is 40.8 Å². The number of benzene rings is 2. The van der Waals surface area contributed by atoms with Gasteiger partial charge in [0.2, 0.25) is 0 Å². The first-order valence-electron chi connectivity index (χ1n) is 11.1. The van der Waals surface area contributed by atoms with E-state index >= 15 is 0 Å². The first kappa shape index (κ1) is 22.4. The molecular weight excluding hydrogens is 457 g/mol. The molecule has 0 bridgehead atoms. The Bertz CT molecular complexity index is 1320. The molecule has 0 atom stereocenters. The Labute approximate surface area is 201 Å². The van der Waals surface area contributed by atoms with E-state index in [0.29, 0.717) is 46.3 Å². The fourth-order valence-corrected chi connectivity index (χ4v) is 4.47. The Kier molecular flexibility index (Phi) is 5.98. The molecule has 3 heterocycles. The van der Waals surface area contributed by atoms with Gasteiger partial charge in [0.25, 0.3) is 11.8 Å². The molecule has 1 fully saturated rings. The molecule has 5 rings (SSSR count). The van der Waals surface area contributed by atoms with E-state index in [1.807, 2.05) is 7.05 Å². The van der Waals surface area contributed by atoms with Crippen molar-refractivity contribution in [1.29, 1.82) is 0 Å². The quantitative estimate of drug-likeness (QED) is 0.536. The van der Waals surface area contributed by atoms with Crippen LogP contribution in [0.2, 0.25) is 5.02 Å². The molecule has 6 nitrogen and oxygen atoms in total. The van der Waals surface area contributed by atoms with Gasteiger partial charge in [0, 0.05) is 41.5 Å². The van der Waals surface area contributed by atoms with Gasteiger partial charge in [-0.3, -0.25) is 9.59 Å². The van der Waals surface area contributed by atoms with Crippen LogP contribution in [0.15, 0.2) is 52.9 Å². The van der Waals surface area contributed by atoms with Gasteiger partial charge in [0.1, 0.15) is 17.3 Å². The number of anilines is 1. The molecule has 2 amide bonds. The lowest BCUT2D eigenvalue weighted by Crippen LogP contribution is -2.34. The van der Waals surface area contributed by atoms with Crippen LogP contribution in [0, 0.1) is 5.82 Å². The number of furan rings is 1. The summed E-state index contributed by atoms with van der Waals surface area (Å²) in [5.74, 6) is -0.214. The van der Waals surface area contributed by atoms with Crippen LogP contribution >= 0.6 is 11.6 Å². The van der Waals surface area contributed by atoms with Gasteiger partial charge in [-0.05, 0) is 74.6 Å². The van der Waals surface area contributed by atoms with E-state index in [4.69, 9.17) is 16.0 Å². The maximum absolute atomic E-state index is 14.7. The fraction of sp³-hybridized carbons (Fsp3) is 0.231. The van der Waals surface area contributed by atoms with Gasteiger partial charge >= 0.3 is 0 Å². The van der Waals surface area contributed by atoms with Gasteiger partial charge in [-0.25, -0.2) is 4.39 Å². The number of nitrogens with zero attached hydrogens (tertiary/aromatic N) is 2. The zero-order valence-corrected chi connectivity index (χ0v) is 19.4. The number of likely N-dealkylation sites (N-methyl/N-ethyl adjacent to an activating group) is 1. The van der Waals surface area contributed by atoms with E-state index in [2.05, 4.69) is 10.2 Å². The smallest absolute Gasteiger partial charge is 0.256 e. The SMILES string of the molecule is CN1CCCN(C(=O)c2ccc(F)c(-c3ccc(/C=C4\C(=O)Nc5ccc(Cl)cc54)o3)c2)CC1. The second-order valence-corrected chi connectivity index (χ2v) is 8.98. The molecule has 3 aromatic rings. The second-order valence-electron chi connectivity index (χ2n) is 8.55. The fourth-order valence-electron chi connectivity index (χ4n) is 4.30. The summed E-state index contributed by atoms with van der Waals surface area (Å²) in [7, 11) is 2.04. The minimum Gasteiger partial charge on any atom is -0.457 e. The van der Waals surface area contributed by atoms with Gasteiger partial charge in [-0.15, -0.1) is 0 Å². The number of carbonyl (C=O) groups excluding carboxylic acids is 2. The van der Waals surface area contributed by atoms with Crippen LogP contribution < -0.4 is 5.32 Å². The number of halogens is 2. The number of carbonyl (C=O) groups is 2. The molecule has 0 spiro atoms. The van der Waals surface area contributed by atoms with Crippen LogP contribution in [0.25, 0.3) is 23.0 Å². The topological polar surface area (TPSA) is 65.8 Å². The Morgan fingerprint density at radius 2 is 1.91 bits per heavy atom. The minimum atomic E-state index is -0.489. The molecule has 1 aromatic heterocycles. The molecule has 1 saturated heterocycles. The first-order valence-corrected chi connectivity index (χ1v) is 11.5. The molecule has 2 aromatic carbocycles. The van der Waals surface area contributed by atoms with Crippen LogP contribution in [0.3, 0.4) is 0 Å². The highest BCUT2D eigenvalue weighted by Gasteiger charge is 2.25. The zero-order chi connectivity index (χ0) is 23.8. The Morgan fingerprint density at radius 3 is 2.76 bits per heavy atom. The van der Waals surface area contributed by atoms with Gasteiger partial charge < -0.3 is 19.5 Å². The maximum atomic E-state index is 14.7. The third-order valence-electron chi connectivity index (χ3n) is 6.16. The zero-order valence-electron chi connectivity index (χ0n) is 18.6. The lowest BCUT2D eigenvalue weighted by Gasteiger charge is -2.21. The number of hydrogen-bond donors (Lipinski definition) is 1. The number of fused-ring (bicyclic) bond motifs is 1. The molecule has 0 radical (unpaired) electrons. The molecule has 34 heavy (non-hydrogen) atoms. The summed E-state index contributed by atoms with van der Waals surface area (Å²) in [5.41, 5.74) is 2.37. The molecule has 174 valence electrons. The van der Waals surface area contributed by atoms with Crippen molar-refractivity contribution in [3.8, 4) is 11.3 Å².